The molecule has 0 saturated heterocycles. The van der Waals surface area contributed by atoms with Crippen molar-refractivity contribution in [3.8, 4) is 11.5 Å². The van der Waals surface area contributed by atoms with Gasteiger partial charge in [0.1, 0.15) is 0 Å². The van der Waals surface area contributed by atoms with Crippen molar-refractivity contribution in [2.24, 2.45) is 0 Å². The Labute approximate surface area is 138 Å². The first kappa shape index (κ1) is 16.4. The van der Waals surface area contributed by atoms with Crippen LogP contribution >= 0.6 is 34.5 Å². The number of thiophene rings is 1. The minimum absolute atomic E-state index is 0.0361. The van der Waals surface area contributed by atoms with Crippen LogP contribution in [-0.4, -0.2) is 20.8 Å². The van der Waals surface area contributed by atoms with Gasteiger partial charge in [-0.05, 0) is 30.3 Å². The monoisotopic (exact) mass is 345 g/mol. The van der Waals surface area contributed by atoms with Crippen LogP contribution in [0.25, 0.3) is 0 Å². The quantitative estimate of drug-likeness (QED) is 0.817. The fraction of sp³-hybridized carbons (Fsp3) is 0.333. The van der Waals surface area contributed by atoms with Crippen LogP contribution in [0.15, 0.2) is 24.3 Å². The number of rotatable bonds is 6. The maximum atomic E-state index is 6.30. The molecule has 0 aliphatic carbocycles. The molecule has 21 heavy (non-hydrogen) atoms. The average Bonchev–Trinajstić information content (AvgIpc) is 2.82. The summed E-state index contributed by atoms with van der Waals surface area (Å²) < 4.78 is 12.0. The molecule has 1 unspecified atom stereocenters. The van der Waals surface area contributed by atoms with E-state index in [2.05, 4.69) is 12.2 Å². The lowest BCUT2D eigenvalue weighted by molar-refractivity contribution is 0.354. The van der Waals surface area contributed by atoms with E-state index in [1.54, 1.807) is 14.2 Å². The van der Waals surface area contributed by atoms with E-state index < -0.39 is 0 Å². The molecule has 0 radical (unpaired) electrons. The Morgan fingerprint density at radius 2 is 1.86 bits per heavy atom. The molecule has 1 aromatic heterocycles. The summed E-state index contributed by atoms with van der Waals surface area (Å²) in [6.07, 6.45) is 0. The molecule has 0 spiro atoms. The molecular weight excluding hydrogens is 329 g/mol. The smallest absolute Gasteiger partial charge is 0.161 e. The first-order valence-corrected chi connectivity index (χ1v) is 8.08. The summed E-state index contributed by atoms with van der Waals surface area (Å²) in [6.45, 7) is 2.86. The van der Waals surface area contributed by atoms with Gasteiger partial charge in [-0.25, -0.2) is 0 Å². The van der Waals surface area contributed by atoms with Gasteiger partial charge in [-0.15, -0.1) is 11.3 Å². The molecule has 0 amide bonds. The van der Waals surface area contributed by atoms with Gasteiger partial charge in [-0.1, -0.05) is 36.2 Å². The molecule has 3 nitrogen and oxygen atoms in total. The Balaban J connectivity index is 2.45. The van der Waals surface area contributed by atoms with E-state index in [9.17, 15) is 0 Å². The third-order valence-electron chi connectivity index (χ3n) is 3.14. The standard InChI is InChI=1S/C15H17Cl2NO2S/c1-4-18-14(10-8-13(16)21-15(10)17)9-5-6-11(19-2)12(7-9)20-3/h5-8,14,18H,4H2,1-3H3. The lowest BCUT2D eigenvalue weighted by Crippen LogP contribution is -2.21. The Morgan fingerprint density at radius 3 is 2.38 bits per heavy atom. The second kappa shape index (κ2) is 7.36. The number of hydrogen-bond donors (Lipinski definition) is 1. The van der Waals surface area contributed by atoms with Crippen molar-refractivity contribution in [2.75, 3.05) is 20.8 Å². The fourth-order valence-electron chi connectivity index (χ4n) is 2.19. The van der Waals surface area contributed by atoms with Gasteiger partial charge in [-0.3, -0.25) is 0 Å². The van der Waals surface area contributed by atoms with E-state index in [0.29, 0.717) is 20.2 Å². The minimum Gasteiger partial charge on any atom is -0.493 e. The molecule has 0 bridgehead atoms. The van der Waals surface area contributed by atoms with Crippen molar-refractivity contribution in [1.82, 2.24) is 5.32 Å². The van der Waals surface area contributed by atoms with Gasteiger partial charge in [0.2, 0.25) is 0 Å². The van der Waals surface area contributed by atoms with Crippen LogP contribution in [0.3, 0.4) is 0 Å². The highest BCUT2D eigenvalue weighted by molar-refractivity contribution is 7.20. The molecule has 1 atom stereocenters. The summed E-state index contributed by atoms with van der Waals surface area (Å²) in [5.41, 5.74) is 2.02. The van der Waals surface area contributed by atoms with Gasteiger partial charge in [0.05, 0.1) is 28.9 Å². The van der Waals surface area contributed by atoms with E-state index >= 15 is 0 Å². The van der Waals surface area contributed by atoms with Gasteiger partial charge in [0.25, 0.3) is 0 Å². The molecule has 1 heterocycles. The maximum Gasteiger partial charge on any atom is 0.161 e. The van der Waals surface area contributed by atoms with Crippen LogP contribution in [0.4, 0.5) is 0 Å². The third kappa shape index (κ3) is 3.64. The van der Waals surface area contributed by atoms with Crippen molar-refractivity contribution in [2.45, 2.75) is 13.0 Å². The summed E-state index contributed by atoms with van der Waals surface area (Å²) >= 11 is 13.7. The largest absolute Gasteiger partial charge is 0.493 e. The maximum absolute atomic E-state index is 6.30. The Hall–Kier alpha value is -0.940. The molecule has 0 saturated carbocycles. The van der Waals surface area contributed by atoms with Crippen molar-refractivity contribution in [3.63, 3.8) is 0 Å². The molecular formula is C15H17Cl2NO2S. The number of halogens is 2. The number of nitrogens with one attached hydrogen (secondary N) is 1. The highest BCUT2D eigenvalue weighted by Gasteiger charge is 2.20. The predicted molar refractivity (Wildman–Crippen MR) is 89.4 cm³/mol. The lowest BCUT2D eigenvalue weighted by atomic mass is 10.0. The predicted octanol–water partition coefficient (Wildman–Crippen LogP) is 4.77. The normalized spacial score (nSPS) is 12.2. The Morgan fingerprint density at radius 1 is 1.14 bits per heavy atom. The Bertz CT molecular complexity index is 616. The van der Waals surface area contributed by atoms with Gasteiger partial charge < -0.3 is 14.8 Å². The van der Waals surface area contributed by atoms with E-state index in [4.69, 9.17) is 32.7 Å². The minimum atomic E-state index is -0.0361. The van der Waals surface area contributed by atoms with Gasteiger partial charge in [0.15, 0.2) is 11.5 Å². The highest BCUT2D eigenvalue weighted by Crippen LogP contribution is 2.39. The number of hydrogen-bond acceptors (Lipinski definition) is 4. The number of benzene rings is 1. The summed E-state index contributed by atoms with van der Waals surface area (Å²) in [7, 11) is 3.24. The Kier molecular flexibility index (Phi) is 5.76. The zero-order valence-electron chi connectivity index (χ0n) is 12.1. The van der Waals surface area contributed by atoms with Crippen molar-refractivity contribution >= 4 is 34.5 Å². The van der Waals surface area contributed by atoms with Crippen LogP contribution in [0.5, 0.6) is 11.5 Å². The van der Waals surface area contributed by atoms with Gasteiger partial charge in [0, 0.05) is 5.56 Å². The topological polar surface area (TPSA) is 30.5 Å². The highest BCUT2D eigenvalue weighted by atomic mass is 35.5. The zero-order valence-corrected chi connectivity index (χ0v) is 14.4. The van der Waals surface area contributed by atoms with E-state index in [1.165, 1.54) is 11.3 Å². The molecule has 2 rings (SSSR count). The van der Waals surface area contributed by atoms with Crippen LogP contribution in [0.2, 0.25) is 8.67 Å². The molecule has 1 aromatic carbocycles. The third-order valence-corrected chi connectivity index (χ3v) is 4.66. The molecule has 0 aliphatic heterocycles. The molecule has 114 valence electrons. The van der Waals surface area contributed by atoms with E-state index in [0.717, 1.165) is 17.7 Å². The second-order valence-corrected chi connectivity index (χ2v) is 6.67. The number of ether oxygens (including phenoxy) is 2. The molecule has 2 aromatic rings. The zero-order chi connectivity index (χ0) is 15.4. The summed E-state index contributed by atoms with van der Waals surface area (Å²) in [5, 5.41) is 3.43. The number of methoxy groups -OCH3 is 2. The first-order valence-electron chi connectivity index (χ1n) is 6.50. The first-order chi connectivity index (χ1) is 10.1. The molecule has 0 aliphatic rings. The molecule has 1 N–H and O–H groups in total. The van der Waals surface area contributed by atoms with Crippen molar-refractivity contribution < 1.29 is 9.47 Å². The van der Waals surface area contributed by atoms with Crippen LogP contribution < -0.4 is 14.8 Å². The van der Waals surface area contributed by atoms with Crippen molar-refractivity contribution in [3.05, 3.63) is 44.1 Å². The van der Waals surface area contributed by atoms with Crippen LogP contribution in [-0.2, 0) is 0 Å². The fourth-order valence-corrected chi connectivity index (χ4v) is 3.73. The molecule has 6 heteroatoms. The average molecular weight is 346 g/mol. The van der Waals surface area contributed by atoms with Crippen LogP contribution in [0, 0.1) is 0 Å². The van der Waals surface area contributed by atoms with Crippen molar-refractivity contribution in [1.29, 1.82) is 0 Å². The summed E-state index contributed by atoms with van der Waals surface area (Å²) in [4.78, 5) is 0. The second-order valence-electron chi connectivity index (χ2n) is 4.38. The van der Waals surface area contributed by atoms with Gasteiger partial charge >= 0.3 is 0 Å². The SMILES string of the molecule is CCNC(c1ccc(OC)c(OC)c1)c1cc(Cl)sc1Cl. The summed E-state index contributed by atoms with van der Waals surface area (Å²) in [6, 6.07) is 7.70. The van der Waals surface area contributed by atoms with Crippen LogP contribution in [0.1, 0.15) is 24.1 Å². The lowest BCUT2D eigenvalue weighted by Gasteiger charge is -2.19. The van der Waals surface area contributed by atoms with Gasteiger partial charge in [-0.2, -0.15) is 0 Å². The molecule has 0 fully saturated rings. The van der Waals surface area contributed by atoms with E-state index in [1.807, 2.05) is 24.3 Å². The summed E-state index contributed by atoms with van der Waals surface area (Å²) in [5.74, 6) is 1.39. The van der Waals surface area contributed by atoms with E-state index in [-0.39, 0.29) is 6.04 Å².